The van der Waals surface area contributed by atoms with E-state index in [4.69, 9.17) is 0 Å². The fourth-order valence-corrected chi connectivity index (χ4v) is 3.76. The van der Waals surface area contributed by atoms with Crippen molar-refractivity contribution in [2.75, 3.05) is 0 Å². The number of aryl methyl sites for hydroxylation is 1. The van der Waals surface area contributed by atoms with E-state index in [1.165, 1.54) is 0 Å². The molecular formula is C18H17N3O2S. The van der Waals surface area contributed by atoms with Crippen LogP contribution in [0.4, 0.5) is 0 Å². The number of amides is 1. The largest absolute Gasteiger partial charge is 0.390 e. The summed E-state index contributed by atoms with van der Waals surface area (Å²) in [5, 5.41) is 16.1. The number of thiazole rings is 1. The van der Waals surface area contributed by atoms with Gasteiger partial charge in [-0.25, -0.2) is 4.98 Å². The zero-order valence-corrected chi connectivity index (χ0v) is 13.9. The van der Waals surface area contributed by atoms with Gasteiger partial charge in [-0.3, -0.25) is 4.79 Å². The molecule has 2 atom stereocenters. The lowest BCUT2D eigenvalue weighted by molar-refractivity contribution is 0.0854. The maximum atomic E-state index is 12.5. The van der Waals surface area contributed by atoms with Crippen molar-refractivity contribution in [3.05, 3.63) is 63.7 Å². The molecule has 2 aromatic heterocycles. The van der Waals surface area contributed by atoms with E-state index in [1.807, 2.05) is 36.6 Å². The number of hydrogen-bond acceptors (Lipinski definition) is 4. The van der Waals surface area contributed by atoms with Crippen LogP contribution >= 0.6 is 11.3 Å². The Kier molecular flexibility index (Phi) is 3.70. The van der Waals surface area contributed by atoms with Crippen LogP contribution in [0.25, 0.3) is 11.3 Å². The number of benzene rings is 1. The first kappa shape index (κ1) is 15.1. The number of nitrogens with zero attached hydrogens (tertiary/aromatic N) is 1. The molecule has 1 aromatic carbocycles. The van der Waals surface area contributed by atoms with E-state index in [0.717, 1.165) is 27.4 Å². The Balaban J connectivity index is 1.54. The Morgan fingerprint density at radius 1 is 1.42 bits per heavy atom. The van der Waals surface area contributed by atoms with Crippen LogP contribution in [0.1, 0.15) is 32.7 Å². The first-order chi connectivity index (χ1) is 11.6. The molecule has 2 heterocycles. The van der Waals surface area contributed by atoms with Crippen LogP contribution in [-0.4, -0.2) is 27.1 Å². The molecule has 0 bridgehead atoms. The maximum Gasteiger partial charge on any atom is 0.268 e. The van der Waals surface area contributed by atoms with Gasteiger partial charge in [-0.05, 0) is 24.1 Å². The Labute approximate surface area is 143 Å². The Bertz CT molecular complexity index is 899. The highest BCUT2D eigenvalue weighted by atomic mass is 32.1. The molecule has 0 unspecified atom stereocenters. The number of nitrogens with one attached hydrogen (secondary N) is 2. The van der Waals surface area contributed by atoms with Crippen molar-refractivity contribution in [1.82, 2.24) is 15.3 Å². The first-order valence-electron chi connectivity index (χ1n) is 7.79. The summed E-state index contributed by atoms with van der Waals surface area (Å²) in [4.78, 5) is 20.0. The van der Waals surface area contributed by atoms with Gasteiger partial charge < -0.3 is 15.4 Å². The standard InChI is InChI=1S/C18H17N3O2S/c1-10-20-15(9-24-10)12-6-14(19-8-12)18(23)21-17-13-5-3-2-4-11(13)7-16(17)22/h2-6,8-9,16-17,19,22H,7H2,1H3,(H,21,23)/t16-,17+/m1/s1. The summed E-state index contributed by atoms with van der Waals surface area (Å²) in [7, 11) is 0. The number of carbonyl (C=O) groups is 1. The van der Waals surface area contributed by atoms with Gasteiger partial charge in [0.05, 0.1) is 22.8 Å². The minimum Gasteiger partial charge on any atom is -0.390 e. The van der Waals surface area contributed by atoms with E-state index in [-0.39, 0.29) is 11.9 Å². The zero-order valence-electron chi connectivity index (χ0n) is 13.1. The van der Waals surface area contributed by atoms with E-state index in [9.17, 15) is 9.90 Å². The van der Waals surface area contributed by atoms with Crippen LogP contribution in [-0.2, 0) is 6.42 Å². The third kappa shape index (κ3) is 2.64. The summed E-state index contributed by atoms with van der Waals surface area (Å²) >= 11 is 1.58. The highest BCUT2D eigenvalue weighted by molar-refractivity contribution is 7.09. The van der Waals surface area contributed by atoms with Crippen LogP contribution in [0, 0.1) is 6.92 Å². The van der Waals surface area contributed by atoms with Crippen LogP contribution < -0.4 is 5.32 Å². The summed E-state index contributed by atoms with van der Waals surface area (Å²) < 4.78 is 0. The Morgan fingerprint density at radius 2 is 2.25 bits per heavy atom. The topological polar surface area (TPSA) is 78.0 Å². The van der Waals surface area contributed by atoms with E-state index < -0.39 is 6.10 Å². The van der Waals surface area contributed by atoms with Crippen molar-refractivity contribution >= 4 is 17.2 Å². The molecule has 0 spiro atoms. The second-order valence-corrected chi connectivity index (χ2v) is 7.04. The number of carbonyl (C=O) groups excluding carboxylic acids is 1. The normalized spacial score (nSPS) is 19.2. The minimum absolute atomic E-state index is 0.228. The lowest BCUT2D eigenvalue weighted by atomic mass is 10.1. The van der Waals surface area contributed by atoms with Gasteiger partial charge in [0.15, 0.2) is 0 Å². The molecule has 0 aliphatic heterocycles. The van der Waals surface area contributed by atoms with Gasteiger partial charge in [0.1, 0.15) is 5.69 Å². The second-order valence-electron chi connectivity index (χ2n) is 5.98. The highest BCUT2D eigenvalue weighted by Gasteiger charge is 2.32. The highest BCUT2D eigenvalue weighted by Crippen LogP contribution is 2.31. The lowest BCUT2D eigenvalue weighted by Gasteiger charge is -2.17. The molecule has 0 fully saturated rings. The summed E-state index contributed by atoms with van der Waals surface area (Å²) in [6, 6.07) is 9.23. The van der Waals surface area contributed by atoms with E-state index in [2.05, 4.69) is 15.3 Å². The number of rotatable bonds is 3. The van der Waals surface area contributed by atoms with Gasteiger partial charge >= 0.3 is 0 Å². The molecule has 0 saturated heterocycles. The summed E-state index contributed by atoms with van der Waals surface area (Å²) in [6.45, 7) is 1.95. The van der Waals surface area contributed by atoms with Crippen LogP contribution in [0.3, 0.4) is 0 Å². The molecule has 3 N–H and O–H groups in total. The number of aromatic nitrogens is 2. The fourth-order valence-electron chi connectivity index (χ4n) is 3.14. The summed E-state index contributed by atoms with van der Waals surface area (Å²) in [5.74, 6) is -0.228. The van der Waals surface area contributed by atoms with Gasteiger partial charge in [0.2, 0.25) is 0 Å². The summed E-state index contributed by atoms with van der Waals surface area (Å²) in [6.07, 6.45) is 1.75. The van der Waals surface area contributed by atoms with Crippen molar-refractivity contribution in [3.63, 3.8) is 0 Å². The van der Waals surface area contributed by atoms with Gasteiger partial charge in [0.25, 0.3) is 5.91 Å². The van der Waals surface area contributed by atoms with Gasteiger partial charge in [-0.15, -0.1) is 11.3 Å². The maximum absolute atomic E-state index is 12.5. The molecule has 4 rings (SSSR count). The van der Waals surface area contributed by atoms with Gasteiger partial charge in [0, 0.05) is 23.6 Å². The van der Waals surface area contributed by atoms with E-state index >= 15 is 0 Å². The average molecular weight is 339 g/mol. The van der Waals surface area contributed by atoms with Crippen molar-refractivity contribution < 1.29 is 9.90 Å². The molecule has 122 valence electrons. The van der Waals surface area contributed by atoms with Gasteiger partial charge in [-0.1, -0.05) is 24.3 Å². The predicted molar refractivity (Wildman–Crippen MR) is 93.0 cm³/mol. The zero-order chi connectivity index (χ0) is 16.7. The van der Waals surface area contributed by atoms with Crippen molar-refractivity contribution in [1.29, 1.82) is 0 Å². The molecule has 1 aliphatic rings. The summed E-state index contributed by atoms with van der Waals surface area (Å²) in [5.41, 5.74) is 4.28. The molecular weight excluding hydrogens is 322 g/mol. The van der Waals surface area contributed by atoms with Crippen molar-refractivity contribution in [3.8, 4) is 11.3 Å². The number of hydrogen-bond donors (Lipinski definition) is 3. The molecule has 0 saturated carbocycles. The molecule has 24 heavy (non-hydrogen) atoms. The number of aliphatic hydroxyl groups excluding tert-OH is 1. The monoisotopic (exact) mass is 339 g/mol. The average Bonchev–Trinajstić information content (AvgIpc) is 3.27. The molecule has 1 amide bonds. The predicted octanol–water partition coefficient (Wildman–Crippen LogP) is 2.83. The number of aromatic amines is 1. The molecule has 0 radical (unpaired) electrons. The smallest absolute Gasteiger partial charge is 0.268 e. The Morgan fingerprint density at radius 3 is 3.04 bits per heavy atom. The molecule has 6 heteroatoms. The SMILES string of the molecule is Cc1nc(-c2c[nH]c(C(=O)N[C@H]3c4ccccc4C[C@H]3O)c2)cs1. The van der Waals surface area contributed by atoms with Crippen LogP contribution in [0.2, 0.25) is 0 Å². The Hall–Kier alpha value is -2.44. The molecule has 5 nitrogen and oxygen atoms in total. The quantitative estimate of drug-likeness (QED) is 0.687. The minimum atomic E-state index is -0.595. The second kappa shape index (κ2) is 5.89. The third-order valence-electron chi connectivity index (χ3n) is 4.33. The van der Waals surface area contributed by atoms with E-state index in [0.29, 0.717) is 12.1 Å². The fraction of sp³-hybridized carbons (Fsp3) is 0.222. The number of aliphatic hydroxyl groups is 1. The third-order valence-corrected chi connectivity index (χ3v) is 5.11. The lowest BCUT2D eigenvalue weighted by Crippen LogP contribution is -2.34. The van der Waals surface area contributed by atoms with Gasteiger partial charge in [-0.2, -0.15) is 0 Å². The molecule has 1 aliphatic carbocycles. The number of H-pyrrole nitrogens is 1. The van der Waals surface area contributed by atoms with Crippen LogP contribution in [0.5, 0.6) is 0 Å². The molecule has 3 aromatic rings. The van der Waals surface area contributed by atoms with E-state index in [1.54, 1.807) is 23.6 Å². The van der Waals surface area contributed by atoms with Crippen LogP contribution in [0.15, 0.2) is 41.9 Å². The number of fused-ring (bicyclic) bond motifs is 1. The van der Waals surface area contributed by atoms with Crippen molar-refractivity contribution in [2.24, 2.45) is 0 Å². The van der Waals surface area contributed by atoms with Crippen molar-refractivity contribution in [2.45, 2.75) is 25.5 Å². The first-order valence-corrected chi connectivity index (χ1v) is 8.67.